The van der Waals surface area contributed by atoms with E-state index in [1.807, 2.05) is 27.7 Å². The van der Waals surface area contributed by atoms with Crippen molar-refractivity contribution >= 4 is 24.5 Å². The van der Waals surface area contributed by atoms with Gasteiger partial charge in [-0.05, 0) is 39.8 Å². The Labute approximate surface area is 130 Å². The van der Waals surface area contributed by atoms with Gasteiger partial charge in [0.1, 0.15) is 5.69 Å². The number of methoxy groups -OCH3 is 1. The second-order valence-electron chi connectivity index (χ2n) is 6.30. The predicted molar refractivity (Wildman–Crippen MR) is 81.3 cm³/mol. The van der Waals surface area contributed by atoms with Crippen LogP contribution in [0.2, 0.25) is 0 Å². The molecule has 0 N–H and O–H groups in total. The number of nitrogens with zero attached hydrogens (tertiary/aromatic N) is 1. The fraction of sp³-hybridized carbons (Fsp3) is 0.533. The Morgan fingerprint density at radius 1 is 1.14 bits per heavy atom. The van der Waals surface area contributed by atoms with Crippen LogP contribution in [-0.4, -0.2) is 42.2 Å². The summed E-state index contributed by atoms with van der Waals surface area (Å²) in [5.41, 5.74) is -0.264. The third kappa shape index (κ3) is 2.91. The van der Waals surface area contributed by atoms with Gasteiger partial charge in [0.2, 0.25) is 0 Å². The van der Waals surface area contributed by atoms with Crippen molar-refractivity contribution in [3.63, 3.8) is 0 Å². The standard InChI is InChI=1S/C15H20BNO5/c1-9(18)11-7-10(13(19)20-6)8-12(17-11)16-21-14(2,3)15(4,5)22-16/h7-8H,1-6H3. The van der Waals surface area contributed by atoms with Gasteiger partial charge in [-0.3, -0.25) is 9.78 Å². The maximum absolute atomic E-state index is 11.8. The van der Waals surface area contributed by atoms with Crippen molar-refractivity contribution in [3.05, 3.63) is 23.4 Å². The third-order valence-corrected chi connectivity index (χ3v) is 4.12. The molecule has 118 valence electrons. The molecular weight excluding hydrogens is 285 g/mol. The smallest absolute Gasteiger partial charge is 0.465 e. The molecule has 0 aliphatic carbocycles. The first-order valence-electron chi connectivity index (χ1n) is 7.04. The van der Waals surface area contributed by atoms with Gasteiger partial charge in [-0.1, -0.05) is 0 Å². The van der Waals surface area contributed by atoms with Crippen LogP contribution in [0.5, 0.6) is 0 Å². The highest BCUT2D eigenvalue weighted by Crippen LogP contribution is 2.36. The number of hydrogen-bond donors (Lipinski definition) is 0. The number of ketones is 1. The Kier molecular flexibility index (Phi) is 4.15. The first kappa shape index (κ1) is 16.6. The normalized spacial score (nSPS) is 19.1. The summed E-state index contributed by atoms with van der Waals surface area (Å²) in [6.45, 7) is 9.07. The second-order valence-corrected chi connectivity index (χ2v) is 6.30. The summed E-state index contributed by atoms with van der Waals surface area (Å²) in [5.74, 6) is -0.786. The van der Waals surface area contributed by atoms with E-state index in [4.69, 9.17) is 14.0 Å². The molecule has 0 spiro atoms. The number of rotatable bonds is 3. The van der Waals surface area contributed by atoms with Gasteiger partial charge in [0.25, 0.3) is 0 Å². The number of hydrogen-bond acceptors (Lipinski definition) is 6. The van der Waals surface area contributed by atoms with Crippen LogP contribution in [-0.2, 0) is 14.0 Å². The molecule has 1 saturated heterocycles. The van der Waals surface area contributed by atoms with E-state index in [9.17, 15) is 9.59 Å². The van der Waals surface area contributed by atoms with Crippen molar-refractivity contribution in [2.24, 2.45) is 0 Å². The Hall–Kier alpha value is -1.73. The number of aromatic nitrogens is 1. The summed E-state index contributed by atoms with van der Waals surface area (Å²) in [4.78, 5) is 27.7. The molecule has 0 saturated carbocycles. The van der Waals surface area contributed by atoms with Gasteiger partial charge in [-0.15, -0.1) is 0 Å². The molecule has 7 heteroatoms. The van der Waals surface area contributed by atoms with Crippen molar-refractivity contribution in [1.29, 1.82) is 0 Å². The largest absolute Gasteiger partial charge is 0.514 e. The highest BCUT2D eigenvalue weighted by Gasteiger charge is 2.52. The highest BCUT2D eigenvalue weighted by molar-refractivity contribution is 6.61. The van der Waals surface area contributed by atoms with Gasteiger partial charge >= 0.3 is 13.1 Å². The molecule has 6 nitrogen and oxygen atoms in total. The number of carbonyl (C=O) groups excluding carboxylic acids is 2. The van der Waals surface area contributed by atoms with E-state index in [0.717, 1.165) is 0 Å². The van der Waals surface area contributed by atoms with E-state index in [0.29, 0.717) is 5.59 Å². The van der Waals surface area contributed by atoms with Crippen molar-refractivity contribution < 1.29 is 23.6 Å². The molecule has 1 aromatic rings. The fourth-order valence-corrected chi connectivity index (χ4v) is 2.05. The maximum atomic E-state index is 11.8. The van der Waals surface area contributed by atoms with Crippen molar-refractivity contribution in [2.75, 3.05) is 7.11 Å². The van der Waals surface area contributed by atoms with Gasteiger partial charge in [-0.25, -0.2) is 4.79 Å². The van der Waals surface area contributed by atoms with Crippen molar-refractivity contribution in [2.45, 2.75) is 45.8 Å². The SMILES string of the molecule is COC(=O)c1cc(B2OC(C)(C)C(C)(C)O2)nc(C(C)=O)c1. The number of esters is 1. The van der Waals surface area contributed by atoms with E-state index in [1.165, 1.54) is 26.2 Å². The first-order chi connectivity index (χ1) is 10.1. The Morgan fingerprint density at radius 2 is 1.68 bits per heavy atom. The molecule has 0 atom stereocenters. The summed E-state index contributed by atoms with van der Waals surface area (Å²) in [5, 5.41) is 0. The van der Waals surface area contributed by atoms with E-state index in [2.05, 4.69) is 4.98 Å². The van der Waals surface area contributed by atoms with Crippen molar-refractivity contribution in [3.8, 4) is 0 Å². The monoisotopic (exact) mass is 305 g/mol. The summed E-state index contributed by atoms with van der Waals surface area (Å²) in [6.07, 6.45) is 0. The highest BCUT2D eigenvalue weighted by atomic mass is 16.7. The average Bonchev–Trinajstić information content (AvgIpc) is 2.66. The molecule has 22 heavy (non-hydrogen) atoms. The lowest BCUT2D eigenvalue weighted by atomic mass is 9.83. The minimum absolute atomic E-state index is 0.174. The molecule has 2 heterocycles. The summed E-state index contributed by atoms with van der Waals surface area (Å²) in [6, 6.07) is 2.93. The van der Waals surface area contributed by atoms with Gasteiger partial charge in [0.05, 0.1) is 29.5 Å². The molecule has 0 amide bonds. The van der Waals surface area contributed by atoms with Crippen LogP contribution >= 0.6 is 0 Å². The molecule has 1 aromatic heterocycles. The molecule has 0 unspecified atom stereocenters. The Morgan fingerprint density at radius 3 is 2.14 bits per heavy atom. The molecule has 1 aliphatic heterocycles. The van der Waals surface area contributed by atoms with Gasteiger partial charge in [-0.2, -0.15) is 0 Å². The fourth-order valence-electron chi connectivity index (χ4n) is 2.05. The quantitative estimate of drug-likeness (QED) is 0.477. The molecule has 0 radical (unpaired) electrons. The zero-order valence-corrected chi connectivity index (χ0v) is 13.7. The number of carbonyl (C=O) groups is 2. The molecule has 0 bridgehead atoms. The van der Waals surface area contributed by atoms with Crippen LogP contribution in [0, 0.1) is 0 Å². The lowest BCUT2D eigenvalue weighted by Crippen LogP contribution is -2.41. The first-order valence-corrected chi connectivity index (χ1v) is 7.04. The molecule has 1 aliphatic rings. The topological polar surface area (TPSA) is 74.7 Å². The lowest BCUT2D eigenvalue weighted by molar-refractivity contribution is 0.00578. The predicted octanol–water partition coefficient (Wildman–Crippen LogP) is 1.37. The number of Topliss-reactive ketones (excluding diaryl/α,β-unsaturated/α-hetero) is 1. The molecule has 1 fully saturated rings. The summed E-state index contributed by atoms with van der Waals surface area (Å²) < 4.78 is 16.5. The molecular formula is C15H20BNO5. The Balaban J connectivity index is 2.45. The second kappa shape index (κ2) is 5.48. The van der Waals surface area contributed by atoms with Crippen LogP contribution in [0.4, 0.5) is 0 Å². The van der Waals surface area contributed by atoms with E-state index < -0.39 is 24.3 Å². The van der Waals surface area contributed by atoms with E-state index in [-0.39, 0.29) is 17.0 Å². The van der Waals surface area contributed by atoms with Crippen LogP contribution in [0.1, 0.15) is 55.5 Å². The molecule has 0 aromatic carbocycles. The van der Waals surface area contributed by atoms with Crippen LogP contribution in [0.15, 0.2) is 12.1 Å². The van der Waals surface area contributed by atoms with E-state index in [1.54, 1.807) is 0 Å². The van der Waals surface area contributed by atoms with Crippen molar-refractivity contribution in [1.82, 2.24) is 4.98 Å². The minimum Gasteiger partial charge on any atom is -0.465 e. The zero-order valence-electron chi connectivity index (χ0n) is 13.7. The number of ether oxygens (including phenoxy) is 1. The van der Waals surface area contributed by atoms with Crippen LogP contribution < -0.4 is 5.59 Å². The van der Waals surface area contributed by atoms with Gasteiger partial charge in [0.15, 0.2) is 5.78 Å². The minimum atomic E-state index is -0.743. The lowest BCUT2D eigenvalue weighted by Gasteiger charge is -2.32. The van der Waals surface area contributed by atoms with Gasteiger partial charge in [0, 0.05) is 6.92 Å². The zero-order chi connectivity index (χ0) is 16.7. The summed E-state index contributed by atoms with van der Waals surface area (Å²) >= 11 is 0. The average molecular weight is 305 g/mol. The van der Waals surface area contributed by atoms with Gasteiger partial charge < -0.3 is 14.0 Å². The molecule has 2 rings (SSSR count). The maximum Gasteiger partial charge on any atom is 0.514 e. The van der Waals surface area contributed by atoms with Crippen LogP contribution in [0.25, 0.3) is 0 Å². The summed E-state index contributed by atoms with van der Waals surface area (Å²) in [7, 11) is 0.540. The third-order valence-electron chi connectivity index (χ3n) is 4.12. The number of pyridine rings is 1. The Bertz CT molecular complexity index is 610. The van der Waals surface area contributed by atoms with Crippen LogP contribution in [0.3, 0.4) is 0 Å². The van der Waals surface area contributed by atoms with E-state index >= 15 is 0 Å².